The molecule has 2 rings (SSSR count). The lowest BCUT2D eigenvalue weighted by atomic mass is 10.0. The van der Waals surface area contributed by atoms with Gasteiger partial charge in [-0.1, -0.05) is 45.4 Å². The van der Waals surface area contributed by atoms with Crippen LogP contribution in [0.25, 0.3) is 0 Å². The van der Waals surface area contributed by atoms with Crippen LogP contribution in [0.3, 0.4) is 0 Å². The summed E-state index contributed by atoms with van der Waals surface area (Å²) in [5.41, 5.74) is 3.67. The third-order valence-corrected chi connectivity index (χ3v) is 4.03. The largest absolute Gasteiger partial charge is 0.355 e. The number of hydrogen-bond donors (Lipinski definition) is 1. The van der Waals surface area contributed by atoms with Gasteiger partial charge < -0.3 is 10.2 Å². The van der Waals surface area contributed by atoms with Crippen molar-refractivity contribution in [1.82, 2.24) is 9.88 Å². The van der Waals surface area contributed by atoms with Gasteiger partial charge in [0.05, 0.1) is 0 Å². The maximum Gasteiger partial charge on any atom is 0.272 e. The summed E-state index contributed by atoms with van der Waals surface area (Å²) in [7, 11) is 1.83. The van der Waals surface area contributed by atoms with Gasteiger partial charge in [0.15, 0.2) is 0 Å². The Morgan fingerprint density at radius 1 is 1.25 bits per heavy atom. The number of amides is 1. The summed E-state index contributed by atoms with van der Waals surface area (Å²) in [6.45, 7) is 7.22. The van der Waals surface area contributed by atoms with Gasteiger partial charge in [0.1, 0.15) is 5.69 Å². The lowest BCUT2D eigenvalue weighted by Gasteiger charge is -2.17. The van der Waals surface area contributed by atoms with Crippen LogP contribution in [0, 0.1) is 0 Å². The molecule has 1 amide bonds. The zero-order valence-corrected chi connectivity index (χ0v) is 15.0. The first-order chi connectivity index (χ1) is 11.5. The molecular formula is C20H27N3O. The van der Waals surface area contributed by atoms with Crippen LogP contribution in [0.15, 0.2) is 42.6 Å². The van der Waals surface area contributed by atoms with E-state index < -0.39 is 0 Å². The summed E-state index contributed by atoms with van der Waals surface area (Å²) in [5, 5.41) is 3.42. The molecule has 4 nitrogen and oxygen atoms in total. The number of nitrogens with zero attached hydrogens (tertiary/aromatic N) is 2. The molecule has 0 atom stereocenters. The maximum absolute atomic E-state index is 12.5. The zero-order valence-electron chi connectivity index (χ0n) is 15.0. The lowest BCUT2D eigenvalue weighted by molar-refractivity contribution is 0.0787. The first-order valence-electron chi connectivity index (χ1n) is 8.60. The Hall–Kier alpha value is -2.36. The predicted molar refractivity (Wildman–Crippen MR) is 99.9 cm³/mol. The fourth-order valence-corrected chi connectivity index (χ4v) is 2.59. The average molecular weight is 325 g/mol. The molecule has 0 saturated heterocycles. The number of aromatic nitrogens is 1. The van der Waals surface area contributed by atoms with E-state index in [1.807, 2.05) is 31.3 Å². The Bertz CT molecular complexity index is 682. The van der Waals surface area contributed by atoms with Crippen molar-refractivity contribution in [3.05, 3.63) is 53.9 Å². The Labute approximate surface area is 144 Å². The fraction of sp³-hybridized carbons (Fsp3) is 0.400. The average Bonchev–Trinajstić information content (AvgIpc) is 2.59. The molecule has 0 aliphatic heterocycles. The first-order valence-corrected chi connectivity index (χ1v) is 8.60. The van der Waals surface area contributed by atoms with E-state index in [9.17, 15) is 4.79 Å². The highest BCUT2D eigenvalue weighted by molar-refractivity contribution is 5.93. The molecule has 24 heavy (non-hydrogen) atoms. The molecule has 4 heteroatoms. The van der Waals surface area contributed by atoms with Crippen molar-refractivity contribution in [2.75, 3.05) is 18.9 Å². The van der Waals surface area contributed by atoms with Crippen LogP contribution in [0.5, 0.6) is 0 Å². The standard InChI is InChI=1S/C20H27N3O/c1-5-6-13-23(4)20(24)19-14-16(11-12-21-19)22-18-10-8-7-9-17(18)15(2)3/h7-12,14-15H,5-6,13H2,1-4H3,(H,21,22). The summed E-state index contributed by atoms with van der Waals surface area (Å²) in [6.07, 6.45) is 3.75. The van der Waals surface area contributed by atoms with Crippen LogP contribution in [0.1, 0.15) is 55.6 Å². The molecule has 0 radical (unpaired) electrons. The number of para-hydroxylation sites is 1. The van der Waals surface area contributed by atoms with Gasteiger partial charge in [0, 0.05) is 31.2 Å². The van der Waals surface area contributed by atoms with Crippen molar-refractivity contribution in [3.8, 4) is 0 Å². The van der Waals surface area contributed by atoms with E-state index in [2.05, 4.69) is 43.2 Å². The summed E-state index contributed by atoms with van der Waals surface area (Å²) >= 11 is 0. The monoisotopic (exact) mass is 325 g/mol. The highest BCUT2D eigenvalue weighted by Gasteiger charge is 2.13. The molecule has 1 heterocycles. The fourth-order valence-electron chi connectivity index (χ4n) is 2.59. The third-order valence-electron chi connectivity index (χ3n) is 4.03. The lowest BCUT2D eigenvalue weighted by Crippen LogP contribution is -2.28. The third kappa shape index (κ3) is 4.57. The zero-order chi connectivity index (χ0) is 17.5. The molecule has 0 fully saturated rings. The molecule has 1 N–H and O–H groups in total. The summed E-state index contributed by atoms with van der Waals surface area (Å²) in [4.78, 5) is 18.4. The number of unbranched alkanes of at least 4 members (excludes halogenated alkanes) is 1. The molecule has 2 aromatic rings. The van der Waals surface area contributed by atoms with Crippen molar-refractivity contribution in [2.24, 2.45) is 0 Å². The molecule has 0 unspecified atom stereocenters. The Morgan fingerprint density at radius 3 is 2.71 bits per heavy atom. The number of anilines is 2. The number of carbonyl (C=O) groups excluding carboxylic acids is 1. The van der Waals surface area contributed by atoms with Crippen LogP contribution in [-0.4, -0.2) is 29.4 Å². The van der Waals surface area contributed by atoms with E-state index >= 15 is 0 Å². The summed E-state index contributed by atoms with van der Waals surface area (Å²) in [6, 6.07) is 12.0. The molecule has 0 bridgehead atoms. The molecule has 0 spiro atoms. The van der Waals surface area contributed by atoms with E-state index in [0.29, 0.717) is 11.6 Å². The second-order valence-electron chi connectivity index (χ2n) is 6.38. The number of hydrogen-bond acceptors (Lipinski definition) is 3. The van der Waals surface area contributed by atoms with Crippen LogP contribution in [0.2, 0.25) is 0 Å². The second kappa shape index (κ2) is 8.48. The van der Waals surface area contributed by atoms with Gasteiger partial charge in [0.2, 0.25) is 0 Å². The molecule has 0 saturated carbocycles. The van der Waals surface area contributed by atoms with Crippen molar-refractivity contribution in [1.29, 1.82) is 0 Å². The number of rotatable bonds is 7. The van der Waals surface area contributed by atoms with E-state index in [0.717, 1.165) is 30.8 Å². The van der Waals surface area contributed by atoms with Crippen molar-refractivity contribution >= 4 is 17.3 Å². The van der Waals surface area contributed by atoms with Crippen molar-refractivity contribution in [2.45, 2.75) is 39.5 Å². The molecule has 128 valence electrons. The predicted octanol–water partition coefficient (Wildman–Crippen LogP) is 4.82. The van der Waals surface area contributed by atoms with Crippen LogP contribution >= 0.6 is 0 Å². The molecule has 1 aromatic carbocycles. The number of pyridine rings is 1. The van der Waals surface area contributed by atoms with Crippen molar-refractivity contribution < 1.29 is 4.79 Å². The van der Waals surface area contributed by atoms with Gasteiger partial charge >= 0.3 is 0 Å². The van der Waals surface area contributed by atoms with Crippen LogP contribution in [-0.2, 0) is 0 Å². The summed E-state index contributed by atoms with van der Waals surface area (Å²) in [5.74, 6) is 0.390. The minimum absolute atomic E-state index is 0.0377. The normalized spacial score (nSPS) is 10.7. The van der Waals surface area contributed by atoms with E-state index in [-0.39, 0.29) is 5.91 Å². The van der Waals surface area contributed by atoms with Gasteiger partial charge in [-0.05, 0) is 36.1 Å². The van der Waals surface area contributed by atoms with Crippen LogP contribution in [0.4, 0.5) is 11.4 Å². The second-order valence-corrected chi connectivity index (χ2v) is 6.38. The minimum atomic E-state index is -0.0377. The number of nitrogens with one attached hydrogen (secondary N) is 1. The number of carbonyl (C=O) groups is 1. The van der Waals surface area contributed by atoms with Crippen LogP contribution < -0.4 is 5.32 Å². The molecule has 0 aliphatic carbocycles. The Balaban J connectivity index is 2.18. The van der Waals surface area contributed by atoms with E-state index in [1.54, 1.807) is 11.1 Å². The SMILES string of the molecule is CCCCN(C)C(=O)c1cc(Nc2ccccc2C(C)C)ccn1. The molecule has 0 aliphatic rings. The Morgan fingerprint density at radius 2 is 2.00 bits per heavy atom. The smallest absolute Gasteiger partial charge is 0.272 e. The highest BCUT2D eigenvalue weighted by Crippen LogP contribution is 2.27. The number of benzene rings is 1. The summed E-state index contributed by atoms with van der Waals surface area (Å²) < 4.78 is 0. The first kappa shape index (κ1) is 18.0. The minimum Gasteiger partial charge on any atom is -0.355 e. The van der Waals surface area contributed by atoms with Gasteiger partial charge in [0.25, 0.3) is 5.91 Å². The topological polar surface area (TPSA) is 45.2 Å². The van der Waals surface area contributed by atoms with Gasteiger partial charge in [-0.3, -0.25) is 9.78 Å². The van der Waals surface area contributed by atoms with Gasteiger partial charge in [-0.2, -0.15) is 0 Å². The molecule has 1 aromatic heterocycles. The highest BCUT2D eigenvalue weighted by atomic mass is 16.2. The maximum atomic E-state index is 12.5. The molecular weight excluding hydrogens is 298 g/mol. The quantitative estimate of drug-likeness (QED) is 0.793. The van der Waals surface area contributed by atoms with Gasteiger partial charge in [-0.15, -0.1) is 0 Å². The Kier molecular flexibility index (Phi) is 6.36. The van der Waals surface area contributed by atoms with Gasteiger partial charge in [-0.25, -0.2) is 0 Å². The van der Waals surface area contributed by atoms with E-state index in [4.69, 9.17) is 0 Å². The van der Waals surface area contributed by atoms with Crippen molar-refractivity contribution in [3.63, 3.8) is 0 Å². The van der Waals surface area contributed by atoms with E-state index in [1.165, 1.54) is 5.56 Å².